The molecule has 0 aromatic carbocycles. The molecule has 1 aliphatic rings. The van der Waals surface area contributed by atoms with Gasteiger partial charge in [0, 0.05) is 0 Å². The van der Waals surface area contributed by atoms with Crippen molar-refractivity contribution in [2.24, 2.45) is 5.41 Å². The molecule has 1 saturated heterocycles. The van der Waals surface area contributed by atoms with Gasteiger partial charge in [0.2, 0.25) is 0 Å². The van der Waals surface area contributed by atoms with Gasteiger partial charge in [-0.3, -0.25) is 4.79 Å². The van der Waals surface area contributed by atoms with E-state index in [1.165, 1.54) is 0 Å². The SMILES string of the molecule is CCOC(=O)C(C)(C)C=CB1OC(C)(C)C(C)(C)O1. The van der Waals surface area contributed by atoms with Crippen molar-refractivity contribution in [2.75, 3.05) is 6.61 Å². The maximum absolute atomic E-state index is 11.8. The van der Waals surface area contributed by atoms with E-state index in [-0.39, 0.29) is 17.2 Å². The minimum absolute atomic E-state index is 0.247. The number of esters is 1. The van der Waals surface area contributed by atoms with Gasteiger partial charge in [-0.2, -0.15) is 0 Å². The fourth-order valence-electron chi connectivity index (χ4n) is 1.67. The lowest BCUT2D eigenvalue weighted by atomic mass is 9.83. The Morgan fingerprint density at radius 1 is 1.21 bits per heavy atom. The van der Waals surface area contributed by atoms with E-state index in [0.717, 1.165) is 0 Å². The molecular formula is C14H25BO4. The first-order valence-electron chi connectivity index (χ1n) is 6.74. The van der Waals surface area contributed by atoms with E-state index >= 15 is 0 Å². The molecule has 0 bridgehead atoms. The van der Waals surface area contributed by atoms with Crippen LogP contribution in [-0.4, -0.2) is 30.9 Å². The van der Waals surface area contributed by atoms with Gasteiger partial charge in [-0.25, -0.2) is 0 Å². The highest BCUT2D eigenvalue weighted by molar-refractivity contribution is 6.51. The zero-order valence-electron chi connectivity index (χ0n) is 13.1. The molecule has 5 heteroatoms. The van der Waals surface area contributed by atoms with Crippen molar-refractivity contribution in [3.63, 3.8) is 0 Å². The fraction of sp³-hybridized carbons (Fsp3) is 0.786. The average molecular weight is 268 g/mol. The highest BCUT2D eigenvalue weighted by Gasteiger charge is 2.50. The molecule has 4 nitrogen and oxygen atoms in total. The highest BCUT2D eigenvalue weighted by Crippen LogP contribution is 2.37. The highest BCUT2D eigenvalue weighted by atomic mass is 16.7. The molecule has 0 unspecified atom stereocenters. The number of rotatable bonds is 4. The van der Waals surface area contributed by atoms with Gasteiger partial charge in [-0.15, -0.1) is 0 Å². The van der Waals surface area contributed by atoms with E-state index in [9.17, 15) is 4.79 Å². The van der Waals surface area contributed by atoms with Crippen LogP contribution in [0.3, 0.4) is 0 Å². The lowest BCUT2D eigenvalue weighted by Gasteiger charge is -2.32. The molecular weight excluding hydrogens is 243 g/mol. The Hall–Kier alpha value is -0.805. The first-order chi connectivity index (χ1) is 8.52. The van der Waals surface area contributed by atoms with E-state index in [1.807, 2.05) is 41.5 Å². The van der Waals surface area contributed by atoms with Crippen LogP contribution < -0.4 is 0 Å². The summed E-state index contributed by atoms with van der Waals surface area (Å²) in [5, 5.41) is 0. The molecule has 0 aliphatic carbocycles. The van der Waals surface area contributed by atoms with E-state index in [4.69, 9.17) is 14.0 Å². The van der Waals surface area contributed by atoms with Crippen LogP contribution in [0.2, 0.25) is 0 Å². The minimum atomic E-state index is -0.681. The van der Waals surface area contributed by atoms with Crippen molar-refractivity contribution in [3.05, 3.63) is 12.1 Å². The molecule has 1 rings (SSSR count). The average Bonchev–Trinajstić information content (AvgIpc) is 2.45. The monoisotopic (exact) mass is 268 g/mol. The molecule has 0 atom stereocenters. The topological polar surface area (TPSA) is 44.8 Å². The van der Waals surface area contributed by atoms with Crippen LogP contribution in [-0.2, 0) is 18.8 Å². The Balaban J connectivity index is 2.71. The third-order valence-electron chi connectivity index (χ3n) is 3.74. The summed E-state index contributed by atoms with van der Waals surface area (Å²) < 4.78 is 16.7. The van der Waals surface area contributed by atoms with Crippen molar-refractivity contribution >= 4 is 13.1 Å². The number of hydrogen-bond acceptors (Lipinski definition) is 4. The minimum Gasteiger partial charge on any atom is -0.465 e. The summed E-state index contributed by atoms with van der Waals surface area (Å²) >= 11 is 0. The van der Waals surface area contributed by atoms with Gasteiger partial charge in [0.15, 0.2) is 0 Å². The molecule has 0 spiro atoms. The Bertz CT molecular complexity index is 356. The molecule has 0 aromatic rings. The van der Waals surface area contributed by atoms with Crippen molar-refractivity contribution < 1.29 is 18.8 Å². The summed E-state index contributed by atoms with van der Waals surface area (Å²) in [4.78, 5) is 11.8. The molecule has 1 fully saturated rings. The van der Waals surface area contributed by atoms with Crippen LogP contribution >= 0.6 is 0 Å². The summed E-state index contributed by atoms with van der Waals surface area (Å²) in [6.45, 7) is 13.8. The molecule has 0 amide bonds. The molecule has 1 aliphatic heterocycles. The number of carbonyl (C=O) groups excluding carboxylic acids is 1. The van der Waals surface area contributed by atoms with Gasteiger partial charge in [-0.1, -0.05) is 12.1 Å². The van der Waals surface area contributed by atoms with Crippen LogP contribution in [0.4, 0.5) is 0 Å². The zero-order chi connectivity index (χ0) is 14.9. The molecule has 1 heterocycles. The molecule has 0 radical (unpaired) electrons. The van der Waals surface area contributed by atoms with Crippen LogP contribution in [0.15, 0.2) is 12.1 Å². The number of hydrogen-bond donors (Lipinski definition) is 0. The molecule has 0 aromatic heterocycles. The van der Waals surface area contributed by atoms with Gasteiger partial charge in [0.25, 0.3) is 0 Å². The van der Waals surface area contributed by atoms with Gasteiger partial charge in [0.05, 0.1) is 23.2 Å². The second-order valence-electron chi connectivity index (χ2n) is 6.43. The van der Waals surface area contributed by atoms with Gasteiger partial charge < -0.3 is 14.0 Å². The Labute approximate surface area is 116 Å². The van der Waals surface area contributed by atoms with Crippen molar-refractivity contribution in [1.29, 1.82) is 0 Å². The second-order valence-corrected chi connectivity index (χ2v) is 6.43. The predicted octanol–water partition coefficient (Wildman–Crippen LogP) is 2.76. The standard InChI is InChI=1S/C14H25BO4/c1-8-17-11(16)12(2,3)9-10-15-18-13(4,5)14(6,7)19-15/h9-10H,8H2,1-7H3. The summed E-state index contributed by atoms with van der Waals surface area (Å²) in [6.07, 6.45) is 1.78. The molecule has 108 valence electrons. The largest absolute Gasteiger partial charge is 0.486 e. The first kappa shape index (κ1) is 16.2. The maximum atomic E-state index is 11.8. The summed E-state index contributed by atoms with van der Waals surface area (Å²) in [6, 6.07) is 0. The quantitative estimate of drug-likeness (QED) is 0.581. The number of carbonyl (C=O) groups is 1. The van der Waals surface area contributed by atoms with E-state index in [1.54, 1.807) is 19.0 Å². The molecule has 19 heavy (non-hydrogen) atoms. The molecule has 0 saturated carbocycles. The Morgan fingerprint density at radius 2 is 1.68 bits per heavy atom. The normalized spacial score (nSPS) is 21.9. The lowest BCUT2D eigenvalue weighted by Crippen LogP contribution is -2.41. The Kier molecular flexibility index (Phi) is 4.53. The van der Waals surface area contributed by atoms with Crippen molar-refractivity contribution in [3.8, 4) is 0 Å². The van der Waals surface area contributed by atoms with E-state index < -0.39 is 12.5 Å². The lowest BCUT2D eigenvalue weighted by molar-refractivity contribution is -0.150. The fourth-order valence-corrected chi connectivity index (χ4v) is 1.67. The number of ether oxygens (including phenoxy) is 1. The van der Waals surface area contributed by atoms with Gasteiger partial charge in [-0.05, 0) is 48.5 Å². The summed E-state index contributed by atoms with van der Waals surface area (Å²) in [5.74, 6) is 1.54. The zero-order valence-corrected chi connectivity index (χ0v) is 13.1. The van der Waals surface area contributed by atoms with E-state index in [2.05, 4.69) is 0 Å². The van der Waals surface area contributed by atoms with Crippen molar-refractivity contribution in [2.45, 2.75) is 59.7 Å². The maximum Gasteiger partial charge on any atom is 0.486 e. The van der Waals surface area contributed by atoms with Crippen LogP contribution in [0, 0.1) is 5.41 Å². The first-order valence-corrected chi connectivity index (χ1v) is 6.74. The van der Waals surface area contributed by atoms with Crippen LogP contribution in [0.5, 0.6) is 0 Å². The summed E-state index contributed by atoms with van der Waals surface area (Å²) in [5.41, 5.74) is -1.41. The predicted molar refractivity (Wildman–Crippen MR) is 75.6 cm³/mol. The Morgan fingerprint density at radius 3 is 2.11 bits per heavy atom. The second kappa shape index (κ2) is 5.29. The van der Waals surface area contributed by atoms with Crippen LogP contribution in [0.25, 0.3) is 0 Å². The van der Waals surface area contributed by atoms with Crippen LogP contribution in [0.1, 0.15) is 48.5 Å². The van der Waals surface area contributed by atoms with Gasteiger partial charge in [0.1, 0.15) is 0 Å². The van der Waals surface area contributed by atoms with Gasteiger partial charge >= 0.3 is 13.1 Å². The van der Waals surface area contributed by atoms with E-state index in [0.29, 0.717) is 6.61 Å². The third-order valence-corrected chi connectivity index (χ3v) is 3.74. The smallest absolute Gasteiger partial charge is 0.465 e. The third kappa shape index (κ3) is 3.60. The molecule has 0 N–H and O–H groups in total. The van der Waals surface area contributed by atoms with Crippen molar-refractivity contribution in [1.82, 2.24) is 0 Å². The summed E-state index contributed by atoms with van der Waals surface area (Å²) in [7, 11) is -0.432.